The highest BCUT2D eigenvalue weighted by Crippen LogP contribution is 2.32. The maximum atomic E-state index is 4.42. The van der Waals surface area contributed by atoms with Gasteiger partial charge in [0.1, 0.15) is 0 Å². The highest BCUT2D eigenvalue weighted by molar-refractivity contribution is 5.03. The minimum Gasteiger partial charge on any atom is -0.310 e. The van der Waals surface area contributed by atoms with E-state index in [1.807, 2.05) is 12.3 Å². The third-order valence-corrected chi connectivity index (χ3v) is 4.93. The Bertz CT molecular complexity index is 406. The zero-order valence-corrected chi connectivity index (χ0v) is 12.6. The molecule has 0 spiro atoms. The Kier molecular flexibility index (Phi) is 4.69. The zero-order chi connectivity index (χ0) is 13.8. The summed E-state index contributed by atoms with van der Waals surface area (Å²) in [5.41, 5.74) is 1.17. The second kappa shape index (κ2) is 6.68. The van der Waals surface area contributed by atoms with Crippen LogP contribution in [0.2, 0.25) is 0 Å². The molecule has 3 heteroatoms. The maximum absolute atomic E-state index is 4.42. The molecule has 2 fully saturated rings. The van der Waals surface area contributed by atoms with Gasteiger partial charge in [-0.1, -0.05) is 18.9 Å². The lowest BCUT2D eigenvalue weighted by molar-refractivity contribution is 0.150. The first-order valence-electron chi connectivity index (χ1n) is 8.16. The van der Waals surface area contributed by atoms with Crippen LogP contribution in [0.3, 0.4) is 0 Å². The van der Waals surface area contributed by atoms with Crippen molar-refractivity contribution in [1.29, 1.82) is 0 Å². The fraction of sp³-hybridized carbons (Fsp3) is 0.706. The topological polar surface area (TPSA) is 28.2 Å². The van der Waals surface area contributed by atoms with E-state index in [4.69, 9.17) is 0 Å². The van der Waals surface area contributed by atoms with E-state index in [9.17, 15) is 0 Å². The van der Waals surface area contributed by atoms with Crippen LogP contribution in [0.5, 0.6) is 0 Å². The summed E-state index contributed by atoms with van der Waals surface area (Å²) < 4.78 is 0. The summed E-state index contributed by atoms with van der Waals surface area (Å²) >= 11 is 0. The third-order valence-electron chi connectivity index (χ3n) is 4.93. The van der Waals surface area contributed by atoms with Crippen LogP contribution in [-0.4, -0.2) is 35.6 Å². The third kappa shape index (κ3) is 3.58. The summed E-state index contributed by atoms with van der Waals surface area (Å²) in [6, 6.07) is 7.63. The molecule has 0 bridgehead atoms. The molecule has 3 atom stereocenters. The van der Waals surface area contributed by atoms with Gasteiger partial charge in [0.2, 0.25) is 0 Å². The fourth-order valence-electron chi connectivity index (χ4n) is 3.93. The number of rotatable bonds is 4. The molecule has 1 aliphatic heterocycles. The van der Waals surface area contributed by atoms with Gasteiger partial charge in [-0.05, 0) is 50.8 Å². The normalized spacial score (nSPS) is 30.2. The van der Waals surface area contributed by atoms with Crippen molar-refractivity contribution in [3.8, 4) is 0 Å². The maximum Gasteiger partial charge on any atom is 0.0543 e. The second-order valence-electron chi connectivity index (χ2n) is 6.61. The number of fused-ring (bicyclic) bond motifs is 1. The molecule has 1 saturated carbocycles. The van der Waals surface area contributed by atoms with E-state index in [-0.39, 0.29) is 0 Å². The van der Waals surface area contributed by atoms with Crippen molar-refractivity contribution in [2.24, 2.45) is 5.92 Å². The molecule has 1 N–H and O–H groups in total. The SMILES string of the molecule is CN(Cc1ccccn1)CC1CCC2CCCCC2N1. The molecule has 3 unspecified atom stereocenters. The van der Waals surface area contributed by atoms with Crippen LogP contribution in [-0.2, 0) is 6.54 Å². The number of pyridine rings is 1. The largest absolute Gasteiger partial charge is 0.310 e. The van der Waals surface area contributed by atoms with Gasteiger partial charge in [0.15, 0.2) is 0 Å². The average molecular weight is 273 g/mol. The summed E-state index contributed by atoms with van der Waals surface area (Å²) in [5, 5.41) is 3.91. The number of hydrogen-bond donors (Lipinski definition) is 1. The summed E-state index contributed by atoms with van der Waals surface area (Å²) in [4.78, 5) is 6.82. The molecule has 1 saturated heterocycles. The first-order valence-corrected chi connectivity index (χ1v) is 8.16. The van der Waals surface area contributed by atoms with Gasteiger partial charge in [0.25, 0.3) is 0 Å². The second-order valence-corrected chi connectivity index (χ2v) is 6.61. The van der Waals surface area contributed by atoms with Crippen LogP contribution in [0.1, 0.15) is 44.2 Å². The molecular weight excluding hydrogens is 246 g/mol. The molecular formula is C17H27N3. The van der Waals surface area contributed by atoms with Gasteiger partial charge in [-0.15, -0.1) is 0 Å². The average Bonchev–Trinajstić information content (AvgIpc) is 2.48. The van der Waals surface area contributed by atoms with E-state index >= 15 is 0 Å². The van der Waals surface area contributed by atoms with Crippen molar-refractivity contribution in [1.82, 2.24) is 15.2 Å². The highest BCUT2D eigenvalue weighted by atomic mass is 15.1. The monoisotopic (exact) mass is 273 g/mol. The van der Waals surface area contributed by atoms with E-state index in [1.54, 1.807) is 0 Å². The molecule has 0 aromatic carbocycles. The Morgan fingerprint density at radius 1 is 1.20 bits per heavy atom. The molecule has 0 radical (unpaired) electrons. The molecule has 0 amide bonds. The van der Waals surface area contributed by atoms with E-state index in [0.717, 1.165) is 25.0 Å². The first-order chi connectivity index (χ1) is 9.81. The quantitative estimate of drug-likeness (QED) is 0.914. The molecule has 1 aliphatic carbocycles. The predicted molar refractivity (Wildman–Crippen MR) is 82.5 cm³/mol. The zero-order valence-electron chi connectivity index (χ0n) is 12.6. The van der Waals surface area contributed by atoms with Gasteiger partial charge in [-0.25, -0.2) is 0 Å². The first kappa shape index (κ1) is 14.0. The van der Waals surface area contributed by atoms with Crippen molar-refractivity contribution in [3.05, 3.63) is 30.1 Å². The minimum absolute atomic E-state index is 0.670. The molecule has 1 aromatic rings. The number of nitrogens with zero attached hydrogens (tertiary/aromatic N) is 2. The lowest BCUT2D eigenvalue weighted by Crippen LogP contribution is -2.52. The lowest BCUT2D eigenvalue weighted by Gasteiger charge is -2.41. The molecule has 3 rings (SSSR count). The van der Waals surface area contributed by atoms with Crippen LogP contribution in [0.4, 0.5) is 0 Å². The van der Waals surface area contributed by atoms with Gasteiger partial charge in [0.05, 0.1) is 5.69 Å². The van der Waals surface area contributed by atoms with E-state index in [0.29, 0.717) is 6.04 Å². The predicted octanol–water partition coefficient (Wildman–Crippen LogP) is 2.82. The van der Waals surface area contributed by atoms with Gasteiger partial charge in [-0.3, -0.25) is 9.88 Å². The number of aromatic nitrogens is 1. The van der Waals surface area contributed by atoms with E-state index in [2.05, 4.69) is 34.4 Å². The van der Waals surface area contributed by atoms with Crippen LogP contribution in [0, 0.1) is 5.92 Å². The fourth-order valence-corrected chi connectivity index (χ4v) is 3.93. The van der Waals surface area contributed by atoms with Crippen LogP contribution >= 0.6 is 0 Å². The highest BCUT2D eigenvalue weighted by Gasteiger charge is 2.31. The van der Waals surface area contributed by atoms with E-state index in [1.165, 1.54) is 44.2 Å². The summed E-state index contributed by atoms with van der Waals surface area (Å²) in [6.45, 7) is 2.09. The number of piperidine rings is 1. The van der Waals surface area contributed by atoms with Gasteiger partial charge in [-0.2, -0.15) is 0 Å². The van der Waals surface area contributed by atoms with Gasteiger partial charge >= 0.3 is 0 Å². The number of likely N-dealkylation sites (N-methyl/N-ethyl adjacent to an activating group) is 1. The van der Waals surface area contributed by atoms with E-state index < -0.39 is 0 Å². The minimum atomic E-state index is 0.670. The van der Waals surface area contributed by atoms with Crippen molar-refractivity contribution < 1.29 is 0 Å². The molecule has 2 aliphatic rings. The molecule has 1 aromatic heterocycles. The van der Waals surface area contributed by atoms with Crippen LogP contribution in [0.15, 0.2) is 24.4 Å². The Morgan fingerprint density at radius 2 is 2.10 bits per heavy atom. The number of nitrogens with one attached hydrogen (secondary N) is 1. The lowest BCUT2D eigenvalue weighted by atomic mass is 9.78. The Hall–Kier alpha value is -0.930. The standard InChI is InChI=1S/C17H27N3/c1-20(12-15-7-4-5-11-18-15)13-16-10-9-14-6-2-3-8-17(14)19-16/h4-5,7,11,14,16-17,19H,2-3,6,8-10,12-13H2,1H3. The Labute approximate surface area is 122 Å². The smallest absolute Gasteiger partial charge is 0.0543 e. The molecule has 3 nitrogen and oxygen atoms in total. The Morgan fingerprint density at radius 3 is 2.95 bits per heavy atom. The Balaban J connectivity index is 1.48. The van der Waals surface area contributed by atoms with Crippen LogP contribution < -0.4 is 5.32 Å². The molecule has 2 heterocycles. The number of hydrogen-bond acceptors (Lipinski definition) is 3. The van der Waals surface area contributed by atoms with Crippen molar-refractivity contribution in [2.75, 3.05) is 13.6 Å². The molecule has 20 heavy (non-hydrogen) atoms. The molecule has 110 valence electrons. The van der Waals surface area contributed by atoms with Gasteiger partial charge < -0.3 is 5.32 Å². The van der Waals surface area contributed by atoms with Gasteiger partial charge in [0, 0.05) is 31.4 Å². The summed E-state index contributed by atoms with van der Waals surface area (Å²) in [7, 11) is 2.21. The summed E-state index contributed by atoms with van der Waals surface area (Å²) in [5.74, 6) is 0.959. The summed E-state index contributed by atoms with van der Waals surface area (Å²) in [6.07, 6.45) is 10.4. The van der Waals surface area contributed by atoms with Crippen molar-refractivity contribution in [3.63, 3.8) is 0 Å². The van der Waals surface area contributed by atoms with Crippen LogP contribution in [0.25, 0.3) is 0 Å². The van der Waals surface area contributed by atoms with Crippen molar-refractivity contribution >= 4 is 0 Å². The van der Waals surface area contributed by atoms with Crippen molar-refractivity contribution in [2.45, 2.75) is 57.2 Å².